The summed E-state index contributed by atoms with van der Waals surface area (Å²) < 4.78 is 0.125. The van der Waals surface area contributed by atoms with Crippen molar-refractivity contribution in [1.29, 1.82) is 0 Å². The highest BCUT2D eigenvalue weighted by molar-refractivity contribution is 8.01. The number of carbonyl (C=O) groups is 1. The first-order valence-corrected chi connectivity index (χ1v) is 6.97. The van der Waals surface area contributed by atoms with Gasteiger partial charge in [-0.3, -0.25) is 4.79 Å². The zero-order chi connectivity index (χ0) is 12.2. The number of rotatable bonds is 5. The average molecular weight is 245 g/mol. The molecule has 1 saturated carbocycles. The van der Waals surface area contributed by atoms with Gasteiger partial charge in [-0.15, -0.1) is 11.8 Å². The summed E-state index contributed by atoms with van der Waals surface area (Å²) >= 11 is 1.68. The molecule has 0 radical (unpaired) electrons. The number of thioether (sulfide) groups is 1. The lowest BCUT2D eigenvalue weighted by Gasteiger charge is -2.37. The second-order valence-corrected chi connectivity index (χ2v) is 7.10. The van der Waals surface area contributed by atoms with Crippen molar-refractivity contribution in [3.8, 4) is 0 Å². The van der Waals surface area contributed by atoms with Crippen LogP contribution in [0.5, 0.6) is 0 Å². The smallest absolute Gasteiger partial charge is 0.232 e. The van der Waals surface area contributed by atoms with Crippen LogP contribution in [0.15, 0.2) is 0 Å². The highest BCUT2D eigenvalue weighted by atomic mass is 32.2. The van der Waals surface area contributed by atoms with Crippen LogP contribution < -0.4 is 0 Å². The van der Waals surface area contributed by atoms with Gasteiger partial charge in [0.05, 0.1) is 12.4 Å². The Bertz CT molecular complexity index is 234. The lowest BCUT2D eigenvalue weighted by Crippen LogP contribution is -2.46. The van der Waals surface area contributed by atoms with Crippen molar-refractivity contribution in [2.75, 3.05) is 18.9 Å². The molecule has 1 aliphatic rings. The number of carbonyl (C=O) groups excluding carboxylic acids is 1. The highest BCUT2D eigenvalue weighted by Gasteiger charge is 2.28. The lowest BCUT2D eigenvalue weighted by atomic mass is 9.91. The highest BCUT2D eigenvalue weighted by Crippen LogP contribution is 2.27. The monoisotopic (exact) mass is 245 g/mol. The van der Waals surface area contributed by atoms with Crippen molar-refractivity contribution < 1.29 is 9.90 Å². The molecule has 0 unspecified atom stereocenters. The molecule has 0 spiro atoms. The minimum atomic E-state index is 0.0718. The molecule has 0 heterocycles. The average Bonchev–Trinajstić information content (AvgIpc) is 2.09. The van der Waals surface area contributed by atoms with E-state index in [2.05, 4.69) is 20.8 Å². The fourth-order valence-electron chi connectivity index (χ4n) is 1.68. The number of nitrogens with zero attached hydrogens (tertiary/aromatic N) is 1. The maximum atomic E-state index is 12.0. The Labute approximate surface area is 103 Å². The molecule has 0 saturated heterocycles. The molecular formula is C12H23NO2S. The summed E-state index contributed by atoms with van der Waals surface area (Å²) in [5.74, 6) is 0.707. The molecule has 1 fully saturated rings. The molecule has 0 aromatic heterocycles. The van der Waals surface area contributed by atoms with Crippen LogP contribution >= 0.6 is 11.8 Å². The molecular weight excluding hydrogens is 222 g/mol. The number of hydrogen-bond acceptors (Lipinski definition) is 3. The summed E-state index contributed by atoms with van der Waals surface area (Å²) in [7, 11) is 0. The first-order valence-electron chi connectivity index (χ1n) is 5.98. The molecule has 1 amide bonds. The van der Waals surface area contributed by atoms with Crippen molar-refractivity contribution in [2.24, 2.45) is 0 Å². The molecule has 0 atom stereocenters. The first-order chi connectivity index (χ1) is 7.44. The van der Waals surface area contributed by atoms with Gasteiger partial charge in [0.25, 0.3) is 0 Å². The minimum absolute atomic E-state index is 0.0718. The van der Waals surface area contributed by atoms with E-state index in [0.29, 0.717) is 18.3 Å². The molecule has 16 heavy (non-hydrogen) atoms. The lowest BCUT2D eigenvalue weighted by molar-refractivity contribution is -0.132. The van der Waals surface area contributed by atoms with E-state index in [9.17, 15) is 4.79 Å². The molecule has 0 aromatic carbocycles. The molecule has 0 aromatic rings. The predicted molar refractivity (Wildman–Crippen MR) is 68.6 cm³/mol. The molecule has 1 rings (SSSR count). The van der Waals surface area contributed by atoms with Gasteiger partial charge in [0.2, 0.25) is 5.91 Å². The second-order valence-electron chi connectivity index (χ2n) is 5.30. The zero-order valence-corrected chi connectivity index (χ0v) is 11.3. The van der Waals surface area contributed by atoms with Crippen molar-refractivity contribution in [3.05, 3.63) is 0 Å². The largest absolute Gasteiger partial charge is 0.395 e. The normalized spacial score (nSPS) is 17.0. The Kier molecular flexibility index (Phi) is 5.12. The maximum Gasteiger partial charge on any atom is 0.232 e. The van der Waals surface area contributed by atoms with Crippen LogP contribution in [0.1, 0.15) is 40.0 Å². The van der Waals surface area contributed by atoms with E-state index in [1.54, 1.807) is 11.8 Å². The third kappa shape index (κ3) is 4.34. The Morgan fingerprint density at radius 3 is 2.44 bits per heavy atom. The SMILES string of the molecule is CC(C)(C)SCC(=O)N(CCO)C1CCC1. The fourth-order valence-corrected chi connectivity index (χ4v) is 2.40. The first kappa shape index (κ1) is 13.8. The van der Waals surface area contributed by atoms with Crippen molar-refractivity contribution >= 4 is 17.7 Å². The Morgan fingerprint density at radius 1 is 1.44 bits per heavy atom. The van der Waals surface area contributed by atoms with Crippen LogP contribution in [0.4, 0.5) is 0 Å². The van der Waals surface area contributed by atoms with E-state index in [1.165, 1.54) is 6.42 Å². The summed E-state index contributed by atoms with van der Waals surface area (Å²) in [4.78, 5) is 13.9. The van der Waals surface area contributed by atoms with Gasteiger partial charge in [0.1, 0.15) is 0 Å². The van der Waals surface area contributed by atoms with E-state index in [1.807, 2.05) is 4.90 Å². The number of aliphatic hydroxyl groups is 1. The predicted octanol–water partition coefficient (Wildman–Crippen LogP) is 1.89. The van der Waals surface area contributed by atoms with Gasteiger partial charge in [-0.05, 0) is 19.3 Å². The minimum Gasteiger partial charge on any atom is -0.395 e. The van der Waals surface area contributed by atoms with Gasteiger partial charge in [0.15, 0.2) is 0 Å². The number of amides is 1. The van der Waals surface area contributed by atoms with Crippen molar-refractivity contribution in [3.63, 3.8) is 0 Å². The molecule has 3 nitrogen and oxygen atoms in total. The number of hydrogen-bond donors (Lipinski definition) is 1. The topological polar surface area (TPSA) is 40.5 Å². The van der Waals surface area contributed by atoms with E-state index in [0.717, 1.165) is 12.8 Å². The molecule has 0 bridgehead atoms. The van der Waals surface area contributed by atoms with E-state index < -0.39 is 0 Å². The van der Waals surface area contributed by atoms with Crippen LogP contribution in [-0.2, 0) is 4.79 Å². The van der Waals surface area contributed by atoms with Gasteiger partial charge >= 0.3 is 0 Å². The van der Waals surface area contributed by atoms with Gasteiger partial charge in [-0.2, -0.15) is 0 Å². The van der Waals surface area contributed by atoms with E-state index in [4.69, 9.17) is 5.11 Å². The van der Waals surface area contributed by atoms with Crippen molar-refractivity contribution in [2.45, 2.75) is 50.8 Å². The second kappa shape index (κ2) is 5.92. The summed E-state index contributed by atoms with van der Waals surface area (Å²) in [6, 6.07) is 0.389. The summed E-state index contributed by atoms with van der Waals surface area (Å²) in [5, 5.41) is 8.98. The maximum absolute atomic E-state index is 12.0. The summed E-state index contributed by atoms with van der Waals surface area (Å²) in [6.45, 7) is 6.91. The van der Waals surface area contributed by atoms with Crippen molar-refractivity contribution in [1.82, 2.24) is 4.90 Å². The molecule has 0 aliphatic heterocycles. The van der Waals surface area contributed by atoms with Crippen LogP contribution in [0.2, 0.25) is 0 Å². The van der Waals surface area contributed by atoms with Gasteiger partial charge in [0, 0.05) is 17.3 Å². The zero-order valence-electron chi connectivity index (χ0n) is 10.5. The van der Waals surface area contributed by atoms with E-state index >= 15 is 0 Å². The van der Waals surface area contributed by atoms with Gasteiger partial charge < -0.3 is 10.0 Å². The van der Waals surface area contributed by atoms with Crippen LogP contribution in [0, 0.1) is 0 Å². The van der Waals surface area contributed by atoms with Crippen LogP contribution in [0.3, 0.4) is 0 Å². The number of aliphatic hydroxyl groups excluding tert-OH is 1. The third-order valence-corrected chi connectivity index (χ3v) is 4.06. The third-order valence-electron chi connectivity index (χ3n) is 2.81. The quantitative estimate of drug-likeness (QED) is 0.804. The molecule has 1 aliphatic carbocycles. The van der Waals surface area contributed by atoms with Crippen LogP contribution in [0.25, 0.3) is 0 Å². The fraction of sp³-hybridized carbons (Fsp3) is 0.917. The standard InChI is InChI=1S/C12H23NO2S/c1-12(2,3)16-9-11(15)13(7-8-14)10-5-4-6-10/h10,14H,4-9H2,1-3H3. The Hall–Kier alpha value is -0.220. The molecule has 94 valence electrons. The summed E-state index contributed by atoms with van der Waals surface area (Å²) in [5.41, 5.74) is 0. The van der Waals surface area contributed by atoms with Gasteiger partial charge in [-0.25, -0.2) is 0 Å². The van der Waals surface area contributed by atoms with Crippen LogP contribution in [-0.4, -0.2) is 45.6 Å². The van der Waals surface area contributed by atoms with E-state index in [-0.39, 0.29) is 17.3 Å². The van der Waals surface area contributed by atoms with Gasteiger partial charge in [-0.1, -0.05) is 20.8 Å². The molecule has 4 heteroatoms. The Balaban J connectivity index is 2.41. The molecule has 1 N–H and O–H groups in total. The summed E-state index contributed by atoms with van der Waals surface area (Å²) in [6.07, 6.45) is 3.42. The Morgan fingerprint density at radius 2 is 2.06 bits per heavy atom.